The molecule has 0 spiro atoms. The molecule has 6 nitrogen and oxygen atoms in total. The summed E-state index contributed by atoms with van der Waals surface area (Å²) in [6.07, 6.45) is 5.24. The van der Waals surface area contributed by atoms with Crippen LogP contribution in [0, 0.1) is 0 Å². The van der Waals surface area contributed by atoms with Crippen LogP contribution < -0.4 is 4.90 Å². The number of benzene rings is 1. The van der Waals surface area contributed by atoms with Crippen LogP contribution >= 0.6 is 11.8 Å². The molecule has 1 N–H and O–H groups in total. The molecule has 1 aliphatic rings. The minimum absolute atomic E-state index is 0.0938. The molecule has 0 bridgehead atoms. The van der Waals surface area contributed by atoms with E-state index in [4.69, 9.17) is 10.1 Å². The number of pyridine rings is 2. The van der Waals surface area contributed by atoms with E-state index in [1.54, 1.807) is 0 Å². The maximum atomic E-state index is 9.56. The second kappa shape index (κ2) is 9.93. The lowest BCUT2D eigenvalue weighted by molar-refractivity contribution is 0.276. The molecule has 0 atom stereocenters. The van der Waals surface area contributed by atoms with Gasteiger partial charge in [0.25, 0.3) is 0 Å². The summed E-state index contributed by atoms with van der Waals surface area (Å²) in [5, 5.41) is 15.4. The van der Waals surface area contributed by atoms with E-state index < -0.39 is 0 Å². The van der Waals surface area contributed by atoms with Gasteiger partial charge in [-0.2, -0.15) is 16.9 Å². The first kappa shape index (κ1) is 21.9. The highest BCUT2D eigenvalue weighted by molar-refractivity contribution is 7.99. The Bertz CT molecular complexity index is 1250. The Balaban J connectivity index is 1.66. The summed E-state index contributed by atoms with van der Waals surface area (Å²) in [7, 11) is 0. The number of aliphatic hydroxyl groups is 1. The van der Waals surface area contributed by atoms with Gasteiger partial charge >= 0.3 is 0 Å². The third-order valence-electron chi connectivity index (χ3n) is 6.08. The molecule has 0 radical (unpaired) electrons. The maximum absolute atomic E-state index is 9.56. The van der Waals surface area contributed by atoms with E-state index >= 15 is 0 Å². The van der Waals surface area contributed by atoms with Crippen LogP contribution in [-0.2, 0) is 13.0 Å². The summed E-state index contributed by atoms with van der Waals surface area (Å²) in [6.45, 7) is 4.17. The molecule has 170 valence electrons. The van der Waals surface area contributed by atoms with E-state index in [1.165, 1.54) is 5.69 Å². The van der Waals surface area contributed by atoms with Crippen molar-refractivity contribution in [2.75, 3.05) is 29.5 Å². The second-order valence-electron chi connectivity index (χ2n) is 8.35. The van der Waals surface area contributed by atoms with Gasteiger partial charge in [0.05, 0.1) is 29.7 Å². The van der Waals surface area contributed by atoms with Crippen LogP contribution in [0.5, 0.6) is 0 Å². The maximum Gasteiger partial charge on any atom is 0.154 e. The van der Waals surface area contributed by atoms with E-state index in [1.807, 2.05) is 40.8 Å². The molecule has 1 aliphatic heterocycles. The van der Waals surface area contributed by atoms with Crippen LogP contribution in [-0.4, -0.2) is 49.5 Å². The highest BCUT2D eigenvalue weighted by atomic mass is 32.2. The van der Waals surface area contributed by atoms with Crippen molar-refractivity contribution in [1.82, 2.24) is 19.7 Å². The Labute approximate surface area is 198 Å². The van der Waals surface area contributed by atoms with Gasteiger partial charge in [0.2, 0.25) is 0 Å². The lowest BCUT2D eigenvalue weighted by atomic mass is 10.1. The van der Waals surface area contributed by atoms with Gasteiger partial charge < -0.3 is 10.0 Å². The van der Waals surface area contributed by atoms with Crippen molar-refractivity contribution >= 4 is 28.4 Å². The summed E-state index contributed by atoms with van der Waals surface area (Å²) in [6, 6.07) is 16.4. The zero-order chi connectivity index (χ0) is 22.6. The standard InChI is InChI=1S/C26H29N5OS/c1-2-3-6-20-7-4-9-23(28-20)19-15-24(30-11-13-33-14-12-30)22-17-27-31(25(22)16-19)26-10-5-8-21(18-32)29-26/h4-5,7-10,15-17,32H,2-3,6,11-14,18H2,1H3. The predicted octanol–water partition coefficient (Wildman–Crippen LogP) is 4.87. The van der Waals surface area contributed by atoms with E-state index in [9.17, 15) is 5.11 Å². The summed E-state index contributed by atoms with van der Waals surface area (Å²) in [4.78, 5) is 12.0. The van der Waals surface area contributed by atoms with Crippen molar-refractivity contribution < 1.29 is 5.11 Å². The number of aromatic nitrogens is 4. The number of hydrogen-bond acceptors (Lipinski definition) is 6. The molecule has 4 aromatic rings. The predicted molar refractivity (Wildman–Crippen MR) is 136 cm³/mol. The lowest BCUT2D eigenvalue weighted by Crippen LogP contribution is -2.32. The third-order valence-corrected chi connectivity index (χ3v) is 7.02. The third kappa shape index (κ3) is 4.61. The monoisotopic (exact) mass is 459 g/mol. The van der Waals surface area contributed by atoms with Gasteiger partial charge in [0.15, 0.2) is 5.82 Å². The summed E-state index contributed by atoms with van der Waals surface area (Å²) in [5.74, 6) is 2.97. The number of hydrogen-bond donors (Lipinski definition) is 1. The second-order valence-corrected chi connectivity index (χ2v) is 9.57. The van der Waals surface area contributed by atoms with E-state index in [2.05, 4.69) is 47.1 Å². The van der Waals surface area contributed by atoms with Crippen LogP contribution in [0.25, 0.3) is 28.0 Å². The van der Waals surface area contributed by atoms with Gasteiger partial charge in [-0.05, 0) is 49.2 Å². The van der Waals surface area contributed by atoms with Crippen LogP contribution in [0.4, 0.5) is 5.69 Å². The molecular formula is C26H29N5OS. The average Bonchev–Trinajstić information content (AvgIpc) is 3.32. The van der Waals surface area contributed by atoms with E-state index in [-0.39, 0.29) is 6.61 Å². The fraction of sp³-hybridized carbons (Fsp3) is 0.346. The molecule has 0 amide bonds. The van der Waals surface area contributed by atoms with Gasteiger partial charge in [0.1, 0.15) is 0 Å². The van der Waals surface area contributed by atoms with Gasteiger partial charge in [-0.25, -0.2) is 9.67 Å². The van der Waals surface area contributed by atoms with Crippen LogP contribution in [0.15, 0.2) is 54.7 Å². The molecule has 1 saturated heterocycles. The first-order valence-electron chi connectivity index (χ1n) is 11.6. The Kier molecular flexibility index (Phi) is 6.60. The van der Waals surface area contributed by atoms with Gasteiger partial charge in [-0.15, -0.1) is 0 Å². The first-order chi connectivity index (χ1) is 16.3. The highest BCUT2D eigenvalue weighted by Crippen LogP contribution is 2.35. The molecule has 4 heterocycles. The molecule has 0 saturated carbocycles. The van der Waals surface area contributed by atoms with Gasteiger partial charge in [0, 0.05) is 46.9 Å². The quantitative estimate of drug-likeness (QED) is 0.425. The molecule has 33 heavy (non-hydrogen) atoms. The molecular weight excluding hydrogens is 430 g/mol. The van der Waals surface area contributed by atoms with Crippen LogP contribution in [0.1, 0.15) is 31.2 Å². The van der Waals surface area contributed by atoms with Crippen molar-refractivity contribution in [3.63, 3.8) is 0 Å². The Morgan fingerprint density at radius 1 is 1.00 bits per heavy atom. The van der Waals surface area contributed by atoms with E-state index in [0.29, 0.717) is 11.5 Å². The number of aryl methyl sites for hydroxylation is 1. The lowest BCUT2D eigenvalue weighted by Gasteiger charge is -2.29. The summed E-state index contributed by atoms with van der Waals surface area (Å²) in [5.41, 5.74) is 6.05. The molecule has 5 rings (SSSR count). The molecule has 0 unspecified atom stereocenters. The first-order valence-corrected chi connectivity index (χ1v) is 12.8. The SMILES string of the molecule is CCCCc1cccc(-c2cc(N3CCSCC3)c3cnn(-c4cccc(CO)n4)c3c2)n1. The number of unbranched alkanes of at least 4 members (excludes halogenated alkanes) is 1. The molecule has 3 aromatic heterocycles. The number of fused-ring (bicyclic) bond motifs is 1. The summed E-state index contributed by atoms with van der Waals surface area (Å²) < 4.78 is 1.88. The number of nitrogens with zero attached hydrogens (tertiary/aromatic N) is 5. The van der Waals surface area contributed by atoms with Crippen molar-refractivity contribution in [3.05, 3.63) is 66.1 Å². The Hall–Kier alpha value is -2.90. The topological polar surface area (TPSA) is 67.1 Å². The number of thioether (sulfide) groups is 1. The van der Waals surface area contributed by atoms with Crippen molar-refractivity contribution in [2.24, 2.45) is 0 Å². The van der Waals surface area contributed by atoms with Crippen molar-refractivity contribution in [2.45, 2.75) is 32.8 Å². The molecule has 0 aliphatic carbocycles. The summed E-state index contributed by atoms with van der Waals surface area (Å²) >= 11 is 2.01. The Morgan fingerprint density at radius 3 is 2.64 bits per heavy atom. The normalized spacial score (nSPS) is 14.2. The number of anilines is 1. The minimum atomic E-state index is -0.0938. The van der Waals surface area contributed by atoms with Gasteiger partial charge in [-0.1, -0.05) is 25.5 Å². The average molecular weight is 460 g/mol. The van der Waals surface area contributed by atoms with Crippen molar-refractivity contribution in [3.8, 4) is 17.1 Å². The minimum Gasteiger partial charge on any atom is -0.390 e. The fourth-order valence-corrected chi connectivity index (χ4v) is 5.22. The number of aliphatic hydroxyl groups excluding tert-OH is 1. The number of rotatable bonds is 7. The Morgan fingerprint density at radius 2 is 1.82 bits per heavy atom. The molecule has 1 aromatic carbocycles. The highest BCUT2D eigenvalue weighted by Gasteiger charge is 2.19. The largest absolute Gasteiger partial charge is 0.390 e. The zero-order valence-electron chi connectivity index (χ0n) is 18.9. The van der Waals surface area contributed by atoms with Crippen molar-refractivity contribution in [1.29, 1.82) is 0 Å². The van der Waals surface area contributed by atoms with Crippen LogP contribution in [0.2, 0.25) is 0 Å². The molecule has 1 fully saturated rings. The van der Waals surface area contributed by atoms with E-state index in [0.717, 1.165) is 71.7 Å². The van der Waals surface area contributed by atoms with Crippen LogP contribution in [0.3, 0.4) is 0 Å². The molecule has 7 heteroatoms. The smallest absolute Gasteiger partial charge is 0.154 e. The van der Waals surface area contributed by atoms with Gasteiger partial charge in [-0.3, -0.25) is 4.98 Å². The zero-order valence-corrected chi connectivity index (χ0v) is 19.8. The fourth-order valence-electron chi connectivity index (χ4n) is 4.31.